The minimum atomic E-state index is -1.05. The maximum atomic E-state index is 13.5. The lowest BCUT2D eigenvalue weighted by atomic mass is 9.78. The maximum Gasteiger partial charge on any atom is 0.198 e. The first-order valence-electron chi connectivity index (χ1n) is 13.5. The van der Waals surface area contributed by atoms with E-state index in [9.17, 15) is 24.3 Å². The van der Waals surface area contributed by atoms with Crippen LogP contribution in [0, 0.1) is 0 Å². The van der Waals surface area contributed by atoms with E-state index in [1.54, 1.807) is 31.2 Å². The van der Waals surface area contributed by atoms with E-state index in [1.807, 2.05) is 13.8 Å². The number of phenols is 1. The second-order valence-electron chi connectivity index (χ2n) is 11.2. The van der Waals surface area contributed by atoms with Gasteiger partial charge in [-0.2, -0.15) is 0 Å². The number of ether oxygens (including phenoxy) is 4. The summed E-state index contributed by atoms with van der Waals surface area (Å²) in [6, 6.07) is 7.86. The summed E-state index contributed by atoms with van der Waals surface area (Å²) in [6.07, 6.45) is 1.86. The molecule has 208 valence electrons. The number of hydrogen-bond donors (Lipinski definition) is 1. The molecule has 6 bridgehead atoms. The minimum Gasteiger partial charge on any atom is -0.506 e. The van der Waals surface area contributed by atoms with E-state index in [0.717, 1.165) is 5.56 Å². The molecule has 2 aromatic carbocycles. The standard InChI is InChI=1S/C31H30O9/c1-15-22(32)8-10-25(37-15)39-24-9-11-26(38-16(24)2)40-31(3)13-17-4-5-18-21(12-17)28(34)20-7-6-19(23(33)14-31)30(36)27(20)29(18)35/h4-8,10,12,15-16,24-26,36H,9,11,13-14H2,1-3H3/t15-,16-,24-,25-,26-,31+/m0/s1. The molecule has 8 rings (SSSR count). The number of aromatic hydroxyl groups is 1. The monoisotopic (exact) mass is 546 g/mol. The Labute approximate surface area is 231 Å². The Morgan fingerprint density at radius 1 is 0.900 bits per heavy atom. The number of phenolic OH excluding ortho intramolecular Hbond substituents is 1. The molecule has 1 fully saturated rings. The lowest BCUT2D eigenvalue weighted by molar-refractivity contribution is -0.278. The van der Waals surface area contributed by atoms with Crippen LogP contribution in [-0.2, 0) is 30.2 Å². The molecule has 9 heteroatoms. The molecular formula is C31H30O9. The molecule has 0 unspecified atom stereocenters. The van der Waals surface area contributed by atoms with Crippen LogP contribution in [0.4, 0.5) is 0 Å². The highest BCUT2D eigenvalue weighted by atomic mass is 16.7. The summed E-state index contributed by atoms with van der Waals surface area (Å²) in [5.41, 5.74) is 0.116. The Morgan fingerprint density at radius 2 is 1.65 bits per heavy atom. The fourth-order valence-corrected chi connectivity index (χ4v) is 6.00. The van der Waals surface area contributed by atoms with Gasteiger partial charge in [0, 0.05) is 36.0 Å². The van der Waals surface area contributed by atoms with Gasteiger partial charge in [0.25, 0.3) is 0 Å². The van der Waals surface area contributed by atoms with Gasteiger partial charge in [0.05, 0.1) is 28.9 Å². The number of Topliss-reactive ketones (excluding diaryl/α,β-unsaturated/α-hetero) is 1. The van der Waals surface area contributed by atoms with Crippen molar-refractivity contribution in [1.29, 1.82) is 0 Å². The van der Waals surface area contributed by atoms with Gasteiger partial charge in [-0.25, -0.2) is 0 Å². The van der Waals surface area contributed by atoms with Gasteiger partial charge in [0.2, 0.25) is 0 Å². The summed E-state index contributed by atoms with van der Waals surface area (Å²) in [5, 5.41) is 11.0. The largest absolute Gasteiger partial charge is 0.506 e. The number of ketones is 4. The van der Waals surface area contributed by atoms with Gasteiger partial charge >= 0.3 is 0 Å². The van der Waals surface area contributed by atoms with Gasteiger partial charge in [0.1, 0.15) is 11.9 Å². The number of carbonyl (C=O) groups excluding carboxylic acids is 4. The Hall–Kier alpha value is -3.50. The highest BCUT2D eigenvalue weighted by Crippen LogP contribution is 2.39. The van der Waals surface area contributed by atoms with Crippen molar-refractivity contribution in [1.82, 2.24) is 0 Å². The van der Waals surface area contributed by atoms with Crippen LogP contribution in [0.3, 0.4) is 0 Å². The lowest BCUT2D eigenvalue weighted by Gasteiger charge is -2.40. The highest BCUT2D eigenvalue weighted by molar-refractivity contribution is 6.30. The number of rotatable bonds is 4. The van der Waals surface area contributed by atoms with Gasteiger partial charge in [-0.05, 0) is 63.1 Å². The van der Waals surface area contributed by atoms with Crippen molar-refractivity contribution >= 4 is 23.1 Å². The van der Waals surface area contributed by atoms with Crippen LogP contribution in [-0.4, -0.2) is 64.7 Å². The summed E-state index contributed by atoms with van der Waals surface area (Å²) >= 11 is 0. The Balaban J connectivity index is 1.24. The average Bonchev–Trinajstić information content (AvgIpc) is 2.90. The minimum absolute atomic E-state index is 0.0205. The third-order valence-corrected chi connectivity index (χ3v) is 8.09. The number of hydrogen-bond acceptors (Lipinski definition) is 9. The predicted molar refractivity (Wildman–Crippen MR) is 140 cm³/mol. The van der Waals surface area contributed by atoms with Crippen molar-refractivity contribution in [2.24, 2.45) is 0 Å². The van der Waals surface area contributed by atoms with Crippen molar-refractivity contribution in [2.45, 2.75) is 82.9 Å². The van der Waals surface area contributed by atoms with Crippen molar-refractivity contribution in [3.05, 3.63) is 75.9 Å². The smallest absolute Gasteiger partial charge is 0.198 e. The van der Waals surface area contributed by atoms with Gasteiger partial charge in [0.15, 0.2) is 35.7 Å². The van der Waals surface area contributed by atoms with Gasteiger partial charge in [-0.1, -0.05) is 12.1 Å². The Morgan fingerprint density at radius 3 is 2.40 bits per heavy atom. The SMILES string of the molecule is C[C@@H]1O[C@@H](O[C@H]2CC[C@H](O[C@@]3(C)CC(=O)c4ccc5c(c4O)C(=O)c4ccc(cc4C5=O)C3)O[C@H]2C)C=CC1=O. The van der Waals surface area contributed by atoms with Crippen LogP contribution in [0.15, 0.2) is 42.5 Å². The quantitative estimate of drug-likeness (QED) is 0.519. The van der Waals surface area contributed by atoms with Crippen molar-refractivity contribution in [3.8, 4) is 5.75 Å². The zero-order valence-corrected chi connectivity index (χ0v) is 22.5. The van der Waals surface area contributed by atoms with E-state index in [0.29, 0.717) is 12.8 Å². The normalized spacial score (nSPS) is 31.5. The Kier molecular flexibility index (Phi) is 6.58. The lowest BCUT2D eigenvalue weighted by Crippen LogP contribution is -2.47. The van der Waals surface area contributed by atoms with E-state index < -0.39 is 41.6 Å². The third kappa shape index (κ3) is 4.62. The fourth-order valence-electron chi connectivity index (χ4n) is 6.00. The van der Waals surface area contributed by atoms with Crippen LogP contribution in [0.25, 0.3) is 0 Å². The van der Waals surface area contributed by atoms with Crippen LogP contribution < -0.4 is 0 Å². The summed E-state index contributed by atoms with van der Waals surface area (Å²) in [6.45, 7) is 5.36. The zero-order chi connectivity index (χ0) is 28.3. The molecule has 2 aliphatic heterocycles. The van der Waals surface area contributed by atoms with E-state index in [2.05, 4.69) is 0 Å². The van der Waals surface area contributed by atoms with Crippen LogP contribution in [0.1, 0.15) is 87.8 Å². The zero-order valence-electron chi connectivity index (χ0n) is 22.5. The van der Waals surface area contributed by atoms with Crippen LogP contribution in [0.5, 0.6) is 5.75 Å². The average molecular weight is 547 g/mol. The molecule has 0 spiro atoms. The summed E-state index contributed by atoms with van der Waals surface area (Å²) < 4.78 is 24.3. The Bertz CT molecular complexity index is 1470. The van der Waals surface area contributed by atoms with Crippen molar-refractivity contribution in [3.63, 3.8) is 0 Å². The summed E-state index contributed by atoms with van der Waals surface area (Å²) in [4.78, 5) is 51.6. The second kappa shape index (κ2) is 9.85. The van der Waals surface area contributed by atoms with Crippen molar-refractivity contribution in [2.75, 3.05) is 0 Å². The molecule has 0 radical (unpaired) electrons. The number of fused-ring (bicyclic) bond motifs is 2. The van der Waals surface area contributed by atoms with Crippen LogP contribution in [0.2, 0.25) is 0 Å². The van der Waals surface area contributed by atoms with E-state index in [-0.39, 0.29) is 64.4 Å². The molecule has 1 saturated heterocycles. The molecule has 1 N–H and O–H groups in total. The number of carbonyl (C=O) groups is 4. The molecule has 0 amide bonds. The summed E-state index contributed by atoms with van der Waals surface area (Å²) in [7, 11) is 0. The molecular weight excluding hydrogens is 516 g/mol. The molecule has 0 aromatic heterocycles. The number of benzene rings is 2. The fraction of sp³-hybridized carbons (Fsp3) is 0.419. The first-order chi connectivity index (χ1) is 19.0. The van der Waals surface area contributed by atoms with Crippen LogP contribution >= 0.6 is 0 Å². The molecule has 0 saturated carbocycles. The first kappa shape index (κ1) is 26.7. The van der Waals surface area contributed by atoms with E-state index in [1.165, 1.54) is 18.2 Å². The molecule has 6 atom stereocenters. The third-order valence-electron chi connectivity index (χ3n) is 8.09. The molecule has 2 heterocycles. The van der Waals surface area contributed by atoms with Gasteiger partial charge in [-0.15, -0.1) is 0 Å². The first-order valence-corrected chi connectivity index (χ1v) is 13.5. The maximum absolute atomic E-state index is 13.5. The molecule has 4 aliphatic carbocycles. The van der Waals surface area contributed by atoms with Gasteiger partial charge in [-0.3, -0.25) is 19.2 Å². The van der Waals surface area contributed by atoms with Crippen molar-refractivity contribution < 1.29 is 43.2 Å². The van der Waals surface area contributed by atoms with Gasteiger partial charge < -0.3 is 24.1 Å². The molecule has 6 aliphatic rings. The van der Waals surface area contributed by atoms with E-state index in [4.69, 9.17) is 18.9 Å². The predicted octanol–water partition coefficient (Wildman–Crippen LogP) is 3.85. The second-order valence-corrected chi connectivity index (χ2v) is 11.2. The molecule has 9 nitrogen and oxygen atoms in total. The molecule has 2 aromatic rings. The summed E-state index contributed by atoms with van der Waals surface area (Å²) in [5.74, 6) is -1.82. The topological polar surface area (TPSA) is 125 Å². The highest BCUT2D eigenvalue weighted by Gasteiger charge is 2.41. The van der Waals surface area contributed by atoms with E-state index >= 15 is 0 Å². The molecule has 40 heavy (non-hydrogen) atoms.